The first-order valence-electron chi connectivity index (χ1n) is 40.9. The van der Waals surface area contributed by atoms with Crippen molar-refractivity contribution in [2.24, 2.45) is 0 Å². The third kappa shape index (κ3) is 10.7. The Bertz CT molecular complexity index is 7090. The molecule has 4 aromatic heterocycles. The maximum Gasteiger partial charge on any atom is 0.252 e. The third-order valence-corrected chi connectivity index (χ3v) is 23.8. The summed E-state index contributed by atoms with van der Waals surface area (Å²) in [5.41, 5.74) is 28.5. The number of hydrogen-bond donors (Lipinski definition) is 0. The summed E-state index contributed by atoms with van der Waals surface area (Å²) in [5, 5.41) is 17.5. The van der Waals surface area contributed by atoms with E-state index in [-0.39, 0.29) is 45.8 Å². The van der Waals surface area contributed by atoms with E-state index in [2.05, 4.69) is 333 Å². The lowest BCUT2D eigenvalue weighted by molar-refractivity contribution is 0.590. The zero-order chi connectivity index (χ0) is 79.4. The van der Waals surface area contributed by atoms with Crippen LogP contribution in [-0.2, 0) is 28.1 Å². The summed E-state index contributed by atoms with van der Waals surface area (Å²) in [6.07, 6.45) is 6.71. The molecule has 538 valence electrons. The molecule has 0 amide bonds. The van der Waals surface area contributed by atoms with Crippen molar-refractivity contribution in [3.05, 3.63) is 312 Å². The molecule has 20 rings (SSSR count). The maximum absolute atomic E-state index is 10.7. The minimum Gasteiger partial charge on any atom is -0.456 e. The number of nitriles is 1. The van der Waals surface area contributed by atoms with Crippen LogP contribution in [0.3, 0.4) is 0 Å². The van der Waals surface area contributed by atoms with Gasteiger partial charge in [-0.25, -0.2) is 0 Å². The Labute approximate surface area is 654 Å². The fourth-order valence-corrected chi connectivity index (χ4v) is 18.0. The number of nitrogens with zero attached hydrogens (tertiary/aromatic N) is 5. The smallest absolute Gasteiger partial charge is 0.252 e. The molecule has 0 spiro atoms. The summed E-state index contributed by atoms with van der Waals surface area (Å²) in [7, 11) is 0. The van der Waals surface area contributed by atoms with Crippen LogP contribution in [-0.4, -0.2) is 15.8 Å². The van der Waals surface area contributed by atoms with Gasteiger partial charge in [0.15, 0.2) is 0 Å². The molecular weight excluding hydrogens is 1350 g/mol. The molecule has 6 heterocycles. The van der Waals surface area contributed by atoms with E-state index in [0.29, 0.717) is 40.6 Å². The second kappa shape index (κ2) is 24.7. The summed E-state index contributed by atoms with van der Waals surface area (Å²) in [6.45, 7) is 27.1. The highest BCUT2D eigenvalue weighted by molar-refractivity contribution is 7.00. The van der Waals surface area contributed by atoms with Crippen molar-refractivity contribution < 1.29 is 14.3 Å². The van der Waals surface area contributed by atoms with Crippen LogP contribution in [0.1, 0.15) is 128 Å². The van der Waals surface area contributed by atoms with Crippen LogP contribution in [0.2, 0.25) is 0 Å². The van der Waals surface area contributed by atoms with Crippen LogP contribution in [0.5, 0.6) is 0 Å². The fraction of sp³-hybridized carbons (Fsp3) is 0.175. The summed E-state index contributed by atoms with van der Waals surface area (Å²) in [5.74, 6) is 0. The standard InChI is InChI=1S/C103H86BN5O2/c1-100(2,3)66-38-46-85(76(55-66)63-27-15-13-16-28-63)108-89-59-70(106-83-35-23-20-31-73(83)78-52-62(61-105)26-19-22-36-84(78)106)42-44-81(89)104-82-45-43-71(107-87-48-40-68(102(7,8)9)57-79(87)80-58-69(103(10,11)12)41-49-88(80)107)60-90(82)109(86-47-39-67(101(4,5)6)56-77(86)64-29-17-14-18-30-64)92-54-65(53-91(108)98(92)104)72-33-25-34-75-97-95(111-99(72)75)51-50-94-96(97)74-32-21-24-37-93(74)110-94/h13-25,27-35,37-60H,26,36H2,1-12H3/b22-19-,62-52+/i20D,23D,31D,35D. The van der Waals surface area contributed by atoms with Crippen molar-refractivity contribution in [2.45, 2.75) is 118 Å². The van der Waals surface area contributed by atoms with Crippen molar-refractivity contribution in [2.75, 3.05) is 9.80 Å². The van der Waals surface area contributed by atoms with Crippen molar-refractivity contribution in [3.8, 4) is 50.8 Å². The Morgan fingerprint density at radius 2 is 0.892 bits per heavy atom. The van der Waals surface area contributed by atoms with Gasteiger partial charge in [-0.3, -0.25) is 0 Å². The molecule has 3 aliphatic rings. The molecular formula is C103H86BN5O2. The van der Waals surface area contributed by atoms with Crippen LogP contribution >= 0.6 is 0 Å². The van der Waals surface area contributed by atoms with Crippen molar-refractivity contribution in [3.63, 3.8) is 0 Å². The van der Waals surface area contributed by atoms with Gasteiger partial charge in [0.25, 0.3) is 6.71 Å². The van der Waals surface area contributed by atoms with Gasteiger partial charge in [0, 0.05) is 118 Å². The van der Waals surface area contributed by atoms with E-state index in [4.69, 9.17) is 8.83 Å². The average molecular weight is 1440 g/mol. The normalized spacial score (nSPS) is 15.1. The van der Waals surface area contributed by atoms with Gasteiger partial charge in [0.1, 0.15) is 22.3 Å². The predicted octanol–water partition coefficient (Wildman–Crippen LogP) is 26.2. The highest BCUT2D eigenvalue weighted by Crippen LogP contribution is 2.54. The summed E-state index contributed by atoms with van der Waals surface area (Å²) in [4.78, 5) is 5.08. The van der Waals surface area contributed by atoms with Crippen molar-refractivity contribution in [1.29, 1.82) is 5.26 Å². The van der Waals surface area contributed by atoms with Crippen molar-refractivity contribution >= 4 is 140 Å². The first-order valence-corrected chi connectivity index (χ1v) is 38.9. The first kappa shape index (κ1) is 63.4. The molecule has 2 aliphatic heterocycles. The molecule has 0 N–H and O–H groups in total. The number of allylic oxidation sites excluding steroid dienone is 3. The Morgan fingerprint density at radius 3 is 1.47 bits per heavy atom. The van der Waals surface area contributed by atoms with Crippen LogP contribution in [0.25, 0.3) is 127 Å². The number of benzene rings is 13. The number of fused-ring (bicyclic) bond motifs is 17. The van der Waals surface area contributed by atoms with Crippen LogP contribution in [0.15, 0.2) is 287 Å². The Balaban J connectivity index is 0.962. The van der Waals surface area contributed by atoms with E-state index < -0.39 is 6.71 Å². The molecule has 8 heteroatoms. The molecule has 17 aromatic rings. The minimum atomic E-state index is -0.433. The topological polar surface area (TPSA) is 66.4 Å². The van der Waals surface area contributed by atoms with Gasteiger partial charge >= 0.3 is 0 Å². The highest BCUT2D eigenvalue weighted by Gasteiger charge is 2.46. The van der Waals surface area contributed by atoms with Gasteiger partial charge in [0.2, 0.25) is 0 Å². The van der Waals surface area contributed by atoms with Crippen LogP contribution in [0.4, 0.5) is 34.1 Å². The number of para-hydroxylation sites is 3. The fourth-order valence-electron chi connectivity index (χ4n) is 18.0. The molecule has 0 fully saturated rings. The molecule has 13 aromatic carbocycles. The highest BCUT2D eigenvalue weighted by atomic mass is 16.3. The van der Waals surface area contributed by atoms with Crippen LogP contribution in [0, 0.1) is 11.3 Å². The molecule has 0 unspecified atom stereocenters. The van der Waals surface area contributed by atoms with Gasteiger partial charge in [0.05, 0.1) is 39.5 Å². The average Bonchev–Trinajstić information content (AvgIpc) is 1.18. The SMILES string of the molecule is [2H]c1c([2H])c([2H])c2c(c1[2H])c1c(n2-c2ccc3c(c2)N(c2ccc(C(C)(C)C)cc2-c2ccccc2)c2cc(-c4cccc5c4oc4ccc6oc7ccccc7c6c45)cc4c2B3c2ccc(-n3c5ccc(C(C)(C)C)cc5c5cc(C(C)(C)C)ccc53)cc2N4c2ccc(C(C)(C)C)cc2-c2ccccc2)C/C=C\C/C(C#N)=C\1. The van der Waals surface area contributed by atoms with E-state index in [0.717, 1.165) is 150 Å². The molecule has 111 heavy (non-hydrogen) atoms. The third-order valence-electron chi connectivity index (χ3n) is 23.8. The van der Waals surface area contributed by atoms with E-state index in [9.17, 15) is 10.7 Å². The largest absolute Gasteiger partial charge is 0.456 e. The van der Waals surface area contributed by atoms with Crippen molar-refractivity contribution in [1.82, 2.24) is 9.13 Å². The van der Waals surface area contributed by atoms with Crippen LogP contribution < -0.4 is 26.2 Å². The van der Waals surface area contributed by atoms with Gasteiger partial charge in [-0.15, -0.1) is 0 Å². The first-order chi connectivity index (χ1) is 55.2. The Hall–Kier alpha value is -12.6. The number of aromatic nitrogens is 2. The Morgan fingerprint density at radius 1 is 0.387 bits per heavy atom. The Kier molecular flexibility index (Phi) is 14.1. The van der Waals surface area contributed by atoms with Gasteiger partial charge in [-0.1, -0.05) is 247 Å². The van der Waals surface area contributed by atoms with E-state index >= 15 is 0 Å². The maximum atomic E-state index is 10.7. The lowest BCUT2D eigenvalue weighted by atomic mass is 9.33. The lowest BCUT2D eigenvalue weighted by Gasteiger charge is -2.45. The molecule has 0 atom stereocenters. The molecule has 0 saturated heterocycles. The van der Waals surface area contributed by atoms with E-state index in [1.807, 2.05) is 30.4 Å². The summed E-state index contributed by atoms with van der Waals surface area (Å²) >= 11 is 0. The molecule has 0 bridgehead atoms. The molecule has 7 nitrogen and oxygen atoms in total. The second-order valence-corrected chi connectivity index (χ2v) is 34.8. The number of anilines is 6. The monoisotopic (exact) mass is 1440 g/mol. The number of rotatable bonds is 7. The molecule has 0 radical (unpaired) electrons. The quantitative estimate of drug-likeness (QED) is 0.117. The zero-order valence-corrected chi connectivity index (χ0v) is 64.8. The lowest BCUT2D eigenvalue weighted by Crippen LogP contribution is -2.61. The van der Waals surface area contributed by atoms with E-state index in [1.54, 1.807) is 0 Å². The van der Waals surface area contributed by atoms with E-state index in [1.165, 1.54) is 33.0 Å². The molecule has 1 aliphatic carbocycles. The minimum absolute atomic E-state index is 0.109. The van der Waals surface area contributed by atoms with Gasteiger partial charge in [-0.2, -0.15) is 5.26 Å². The zero-order valence-electron chi connectivity index (χ0n) is 68.8. The number of hydrogen-bond acceptors (Lipinski definition) is 5. The van der Waals surface area contributed by atoms with Gasteiger partial charge < -0.3 is 27.8 Å². The molecule has 0 saturated carbocycles. The van der Waals surface area contributed by atoms with Gasteiger partial charge in [-0.05, 0) is 192 Å². The summed E-state index contributed by atoms with van der Waals surface area (Å²) < 4.78 is 56.9. The number of furan rings is 2. The summed E-state index contributed by atoms with van der Waals surface area (Å²) in [6, 6.07) is 89.1. The second-order valence-electron chi connectivity index (χ2n) is 34.8. The predicted molar refractivity (Wildman–Crippen MR) is 468 cm³/mol.